The van der Waals surface area contributed by atoms with Gasteiger partial charge in [-0.2, -0.15) is 0 Å². The van der Waals surface area contributed by atoms with Gasteiger partial charge in [-0.15, -0.1) is 0 Å². The smallest absolute Gasteiger partial charge is 0.337 e. The van der Waals surface area contributed by atoms with Gasteiger partial charge in [0.2, 0.25) is 10.0 Å². The normalized spacial score (nSPS) is 11.0. The number of carboxylic acid groups (broad SMARTS) is 1. The van der Waals surface area contributed by atoms with E-state index in [9.17, 15) is 18.0 Å². The fourth-order valence-corrected chi connectivity index (χ4v) is 2.09. The molecule has 2 rings (SSSR count). The van der Waals surface area contributed by atoms with Gasteiger partial charge in [0, 0.05) is 11.9 Å². The summed E-state index contributed by atoms with van der Waals surface area (Å²) in [6, 6.07) is 7.80. The zero-order valence-corrected chi connectivity index (χ0v) is 11.9. The van der Waals surface area contributed by atoms with Crippen LogP contribution >= 0.6 is 0 Å². The Morgan fingerprint density at radius 1 is 1.09 bits per heavy atom. The van der Waals surface area contributed by atoms with E-state index in [1.807, 2.05) is 0 Å². The number of pyridine rings is 1. The maximum Gasteiger partial charge on any atom is 0.337 e. The largest absolute Gasteiger partial charge is 0.478 e. The number of rotatable bonds is 4. The van der Waals surface area contributed by atoms with E-state index < -0.39 is 21.9 Å². The molecule has 4 N–H and O–H groups in total. The number of aromatic carboxylic acids is 1. The molecule has 8 nitrogen and oxygen atoms in total. The molecule has 0 aliphatic rings. The van der Waals surface area contributed by atoms with E-state index in [0.29, 0.717) is 5.69 Å². The van der Waals surface area contributed by atoms with Gasteiger partial charge in [0.15, 0.2) is 0 Å². The molecule has 0 bridgehead atoms. The Bertz CT molecular complexity index is 814. The van der Waals surface area contributed by atoms with E-state index in [1.54, 1.807) is 0 Å². The van der Waals surface area contributed by atoms with Crippen LogP contribution in [-0.2, 0) is 10.0 Å². The number of anilines is 1. The number of nitrogens with one attached hydrogen (secondary N) is 1. The predicted molar refractivity (Wildman–Crippen MR) is 77.0 cm³/mol. The van der Waals surface area contributed by atoms with Gasteiger partial charge in [0.05, 0.1) is 10.5 Å². The van der Waals surface area contributed by atoms with Gasteiger partial charge in [-0.3, -0.25) is 9.78 Å². The molecule has 1 aromatic heterocycles. The van der Waals surface area contributed by atoms with Crippen LogP contribution in [0.3, 0.4) is 0 Å². The first kappa shape index (κ1) is 15.6. The molecule has 0 aliphatic heterocycles. The summed E-state index contributed by atoms with van der Waals surface area (Å²) < 4.78 is 22.2. The third kappa shape index (κ3) is 3.65. The Kier molecular flexibility index (Phi) is 4.20. The molecule has 114 valence electrons. The van der Waals surface area contributed by atoms with Crippen LogP contribution in [0.5, 0.6) is 0 Å². The van der Waals surface area contributed by atoms with Gasteiger partial charge in [-0.25, -0.2) is 18.4 Å². The summed E-state index contributed by atoms with van der Waals surface area (Å²) in [7, 11) is -3.79. The highest BCUT2D eigenvalue weighted by atomic mass is 32.2. The van der Waals surface area contributed by atoms with Crippen molar-refractivity contribution in [2.24, 2.45) is 5.14 Å². The number of sulfonamides is 1. The number of carboxylic acids is 1. The molecule has 2 aromatic rings. The van der Waals surface area contributed by atoms with Gasteiger partial charge in [-0.1, -0.05) is 0 Å². The number of primary sulfonamides is 1. The minimum absolute atomic E-state index is 0.0283. The molecule has 0 unspecified atom stereocenters. The topological polar surface area (TPSA) is 139 Å². The summed E-state index contributed by atoms with van der Waals surface area (Å²) in [6.07, 6.45) is 1.07. The average Bonchev–Trinajstić information content (AvgIpc) is 2.47. The van der Waals surface area contributed by atoms with E-state index >= 15 is 0 Å². The third-order valence-electron chi connectivity index (χ3n) is 2.68. The zero-order valence-electron chi connectivity index (χ0n) is 11.1. The number of carbonyl (C=O) groups excluding carboxylic acids is 1. The molecule has 0 fully saturated rings. The lowest BCUT2D eigenvalue weighted by Gasteiger charge is -2.05. The lowest BCUT2D eigenvalue weighted by atomic mass is 10.2. The first-order valence-electron chi connectivity index (χ1n) is 5.91. The molecule has 1 amide bonds. The Balaban J connectivity index is 2.13. The second-order valence-corrected chi connectivity index (χ2v) is 5.82. The monoisotopic (exact) mass is 321 g/mol. The average molecular weight is 321 g/mol. The maximum atomic E-state index is 11.9. The molecule has 0 radical (unpaired) electrons. The minimum Gasteiger partial charge on any atom is -0.478 e. The van der Waals surface area contributed by atoms with Crippen molar-refractivity contribution in [2.45, 2.75) is 4.90 Å². The SMILES string of the molecule is NS(=O)(=O)c1ccc(NC(=O)c2ccc(C(=O)O)cn2)cc1. The summed E-state index contributed by atoms with van der Waals surface area (Å²) in [5, 5.41) is 16.2. The summed E-state index contributed by atoms with van der Waals surface area (Å²) in [6.45, 7) is 0. The second-order valence-electron chi connectivity index (χ2n) is 4.26. The first-order valence-corrected chi connectivity index (χ1v) is 7.45. The van der Waals surface area contributed by atoms with Gasteiger partial charge < -0.3 is 10.4 Å². The molecule has 9 heteroatoms. The quantitative estimate of drug-likeness (QED) is 0.756. The lowest BCUT2D eigenvalue weighted by Crippen LogP contribution is -2.15. The number of carbonyl (C=O) groups is 2. The van der Waals surface area contributed by atoms with Crippen molar-refractivity contribution in [1.29, 1.82) is 0 Å². The third-order valence-corrected chi connectivity index (χ3v) is 3.61. The molecule has 0 atom stereocenters. The molecular formula is C13H11N3O5S. The zero-order chi connectivity index (χ0) is 16.3. The van der Waals surface area contributed by atoms with E-state index in [1.165, 1.54) is 36.4 Å². The maximum absolute atomic E-state index is 11.9. The number of benzene rings is 1. The number of amides is 1. The van der Waals surface area contributed by atoms with Crippen molar-refractivity contribution in [1.82, 2.24) is 4.98 Å². The summed E-state index contributed by atoms with van der Waals surface area (Å²) in [5.41, 5.74) is 0.344. The Morgan fingerprint density at radius 2 is 1.73 bits per heavy atom. The van der Waals surface area contributed by atoms with Crippen LogP contribution in [0.1, 0.15) is 20.8 Å². The van der Waals surface area contributed by atoms with Crippen LogP contribution < -0.4 is 10.5 Å². The molecule has 1 heterocycles. The van der Waals surface area contributed by atoms with Crippen molar-refractivity contribution >= 4 is 27.6 Å². The minimum atomic E-state index is -3.79. The number of aromatic nitrogens is 1. The second kappa shape index (κ2) is 5.92. The van der Waals surface area contributed by atoms with Crippen LogP contribution in [0.15, 0.2) is 47.5 Å². The van der Waals surface area contributed by atoms with E-state index in [2.05, 4.69) is 10.3 Å². The fourth-order valence-electron chi connectivity index (χ4n) is 1.58. The van der Waals surface area contributed by atoms with Crippen LogP contribution in [-0.4, -0.2) is 30.4 Å². The van der Waals surface area contributed by atoms with Crippen molar-refractivity contribution in [3.05, 3.63) is 53.9 Å². The van der Waals surface area contributed by atoms with Crippen LogP contribution in [0.4, 0.5) is 5.69 Å². The van der Waals surface area contributed by atoms with Gasteiger partial charge >= 0.3 is 5.97 Å². The van der Waals surface area contributed by atoms with Crippen molar-refractivity contribution < 1.29 is 23.1 Å². The molecule has 0 saturated carbocycles. The van der Waals surface area contributed by atoms with Gasteiger partial charge in [-0.05, 0) is 36.4 Å². The van der Waals surface area contributed by atoms with Crippen LogP contribution in [0.2, 0.25) is 0 Å². The fraction of sp³-hybridized carbons (Fsp3) is 0. The van der Waals surface area contributed by atoms with Crippen molar-refractivity contribution in [3.8, 4) is 0 Å². The van der Waals surface area contributed by atoms with Crippen LogP contribution in [0, 0.1) is 0 Å². The molecule has 0 spiro atoms. The Morgan fingerprint density at radius 3 is 2.18 bits per heavy atom. The molecular weight excluding hydrogens is 310 g/mol. The Labute approximate surface area is 125 Å². The standard InChI is InChI=1S/C13H11N3O5S/c14-22(20,21)10-4-2-9(3-5-10)16-12(17)11-6-1-8(7-15-11)13(18)19/h1-7H,(H,16,17)(H,18,19)(H2,14,20,21). The number of nitrogens with zero attached hydrogens (tertiary/aromatic N) is 1. The summed E-state index contributed by atoms with van der Waals surface area (Å²) >= 11 is 0. The molecule has 1 aromatic carbocycles. The highest BCUT2D eigenvalue weighted by Crippen LogP contribution is 2.13. The predicted octanol–water partition coefficient (Wildman–Crippen LogP) is 0.679. The van der Waals surface area contributed by atoms with Crippen molar-refractivity contribution in [2.75, 3.05) is 5.32 Å². The van der Waals surface area contributed by atoms with Crippen LogP contribution in [0.25, 0.3) is 0 Å². The summed E-state index contributed by atoms with van der Waals surface area (Å²) in [4.78, 5) is 26.3. The molecule has 0 aliphatic carbocycles. The number of hydrogen-bond acceptors (Lipinski definition) is 5. The highest BCUT2D eigenvalue weighted by Gasteiger charge is 2.11. The van der Waals surface area contributed by atoms with E-state index in [0.717, 1.165) is 6.20 Å². The van der Waals surface area contributed by atoms with E-state index in [-0.39, 0.29) is 16.2 Å². The highest BCUT2D eigenvalue weighted by molar-refractivity contribution is 7.89. The first-order chi connectivity index (χ1) is 10.3. The van der Waals surface area contributed by atoms with Gasteiger partial charge in [0.25, 0.3) is 5.91 Å². The number of nitrogens with two attached hydrogens (primary N) is 1. The lowest BCUT2D eigenvalue weighted by molar-refractivity contribution is 0.0695. The molecule has 22 heavy (non-hydrogen) atoms. The molecule has 0 saturated heterocycles. The van der Waals surface area contributed by atoms with E-state index in [4.69, 9.17) is 10.2 Å². The number of hydrogen-bond donors (Lipinski definition) is 3. The Hall–Kier alpha value is -2.78. The van der Waals surface area contributed by atoms with Crippen molar-refractivity contribution in [3.63, 3.8) is 0 Å². The van der Waals surface area contributed by atoms with Gasteiger partial charge in [0.1, 0.15) is 5.69 Å². The summed E-state index contributed by atoms with van der Waals surface area (Å²) in [5.74, 6) is -1.70.